The Kier molecular flexibility index (Phi) is 5.73. The minimum absolute atomic E-state index is 0.173. The van der Waals surface area contributed by atoms with E-state index in [1.807, 2.05) is 0 Å². The van der Waals surface area contributed by atoms with Gasteiger partial charge in [-0.2, -0.15) is 0 Å². The van der Waals surface area contributed by atoms with Gasteiger partial charge in [0.05, 0.1) is 5.56 Å². The average Bonchev–Trinajstić information content (AvgIpc) is 2.97. The first kappa shape index (κ1) is 17.7. The van der Waals surface area contributed by atoms with Crippen molar-refractivity contribution in [2.45, 2.75) is 19.3 Å². The number of aromatic nitrogens is 2. The second-order valence-corrected chi connectivity index (χ2v) is 5.80. The van der Waals surface area contributed by atoms with Gasteiger partial charge in [0, 0.05) is 52.4 Å². The van der Waals surface area contributed by atoms with Crippen LogP contribution in [0.3, 0.4) is 0 Å². The Morgan fingerprint density at radius 3 is 2.71 bits per heavy atom. The van der Waals surface area contributed by atoms with Gasteiger partial charge in [0.25, 0.3) is 5.56 Å². The third kappa shape index (κ3) is 4.21. The van der Waals surface area contributed by atoms with Gasteiger partial charge < -0.3 is 14.8 Å². The average molecular weight is 334 g/mol. The Hall–Kier alpha value is -2.64. The molecule has 0 unspecified atom stereocenters. The molecule has 8 heteroatoms. The lowest BCUT2D eigenvalue weighted by molar-refractivity contribution is -0.127. The summed E-state index contributed by atoms with van der Waals surface area (Å²) < 4.78 is 2.27. The van der Waals surface area contributed by atoms with Crippen LogP contribution in [0.25, 0.3) is 6.08 Å². The topological polar surface area (TPSA) is 93.4 Å². The van der Waals surface area contributed by atoms with Gasteiger partial charge in [-0.3, -0.25) is 19.0 Å². The maximum Gasteiger partial charge on any atom is 0.330 e. The number of amides is 2. The van der Waals surface area contributed by atoms with Crippen LogP contribution in [0.15, 0.2) is 21.9 Å². The van der Waals surface area contributed by atoms with Crippen LogP contribution in [0.1, 0.15) is 24.8 Å². The molecular weight excluding hydrogens is 312 g/mol. The molecule has 1 aliphatic heterocycles. The van der Waals surface area contributed by atoms with Gasteiger partial charge in [-0.1, -0.05) is 0 Å². The van der Waals surface area contributed by atoms with E-state index in [2.05, 4.69) is 5.32 Å². The number of rotatable bonds is 6. The number of carbonyl (C=O) groups is 2. The van der Waals surface area contributed by atoms with E-state index in [1.54, 1.807) is 11.9 Å². The maximum atomic E-state index is 11.9. The van der Waals surface area contributed by atoms with Crippen LogP contribution in [0.2, 0.25) is 0 Å². The monoisotopic (exact) mass is 334 g/mol. The number of hydrogen-bond acceptors (Lipinski definition) is 4. The largest absolute Gasteiger partial charge is 0.352 e. The van der Waals surface area contributed by atoms with E-state index in [1.165, 1.54) is 30.0 Å². The van der Waals surface area contributed by atoms with Crippen molar-refractivity contribution in [3.63, 3.8) is 0 Å². The first-order chi connectivity index (χ1) is 11.4. The SMILES string of the molecule is Cn1cc(/C=C/C(=O)NCCCN2CCCC2=O)c(=O)n(C)c1=O. The summed E-state index contributed by atoms with van der Waals surface area (Å²) in [5.41, 5.74) is -0.606. The number of likely N-dealkylation sites (tertiary alicyclic amines) is 1. The molecule has 130 valence electrons. The Morgan fingerprint density at radius 2 is 2.04 bits per heavy atom. The lowest BCUT2D eigenvalue weighted by Gasteiger charge is -2.14. The second-order valence-electron chi connectivity index (χ2n) is 5.80. The molecule has 0 spiro atoms. The van der Waals surface area contributed by atoms with Crippen LogP contribution in [-0.2, 0) is 23.7 Å². The second kappa shape index (κ2) is 7.76. The van der Waals surface area contributed by atoms with Gasteiger partial charge in [-0.05, 0) is 18.9 Å². The lowest BCUT2D eigenvalue weighted by atomic mass is 10.3. The van der Waals surface area contributed by atoms with Crippen molar-refractivity contribution in [2.24, 2.45) is 14.1 Å². The van der Waals surface area contributed by atoms with Crippen molar-refractivity contribution < 1.29 is 9.59 Å². The summed E-state index contributed by atoms with van der Waals surface area (Å²) in [5, 5.41) is 2.71. The number of hydrogen-bond donors (Lipinski definition) is 1. The summed E-state index contributed by atoms with van der Waals surface area (Å²) in [5.74, 6) is -0.148. The highest BCUT2D eigenvalue weighted by atomic mass is 16.2. The molecule has 1 saturated heterocycles. The fourth-order valence-electron chi connectivity index (χ4n) is 2.60. The standard InChI is InChI=1S/C16H22N4O4/c1-18-11-12(15(23)19(2)16(18)24)6-7-13(21)17-8-4-10-20-9-3-5-14(20)22/h6-7,11H,3-5,8-10H2,1-2H3,(H,17,21)/b7-6+. The van der Waals surface area contributed by atoms with E-state index < -0.39 is 11.2 Å². The van der Waals surface area contributed by atoms with Crippen LogP contribution in [0.4, 0.5) is 0 Å². The van der Waals surface area contributed by atoms with Gasteiger partial charge in [-0.15, -0.1) is 0 Å². The molecule has 1 fully saturated rings. The van der Waals surface area contributed by atoms with Gasteiger partial charge in [-0.25, -0.2) is 4.79 Å². The van der Waals surface area contributed by atoms with Gasteiger partial charge in [0.2, 0.25) is 11.8 Å². The van der Waals surface area contributed by atoms with E-state index >= 15 is 0 Å². The Bertz CT molecular complexity index is 775. The smallest absolute Gasteiger partial charge is 0.330 e. The van der Waals surface area contributed by atoms with Crippen molar-refractivity contribution in [1.82, 2.24) is 19.4 Å². The van der Waals surface area contributed by atoms with Crippen molar-refractivity contribution in [3.8, 4) is 0 Å². The number of aryl methyl sites for hydroxylation is 1. The Morgan fingerprint density at radius 1 is 1.29 bits per heavy atom. The van der Waals surface area contributed by atoms with Gasteiger partial charge in [0.15, 0.2) is 0 Å². The minimum Gasteiger partial charge on any atom is -0.352 e. The van der Waals surface area contributed by atoms with E-state index in [9.17, 15) is 19.2 Å². The Balaban J connectivity index is 1.84. The van der Waals surface area contributed by atoms with Crippen molar-refractivity contribution >= 4 is 17.9 Å². The molecule has 0 radical (unpaired) electrons. The molecule has 0 bridgehead atoms. The number of nitrogens with one attached hydrogen (secondary N) is 1. The van der Waals surface area contributed by atoms with E-state index in [-0.39, 0.29) is 17.4 Å². The van der Waals surface area contributed by atoms with E-state index in [0.29, 0.717) is 25.9 Å². The first-order valence-electron chi connectivity index (χ1n) is 7.90. The predicted molar refractivity (Wildman–Crippen MR) is 89.4 cm³/mol. The molecule has 8 nitrogen and oxygen atoms in total. The van der Waals surface area contributed by atoms with Crippen LogP contribution >= 0.6 is 0 Å². The first-order valence-corrected chi connectivity index (χ1v) is 7.90. The molecule has 0 aromatic carbocycles. The highest BCUT2D eigenvalue weighted by Crippen LogP contribution is 2.09. The molecule has 2 amide bonds. The van der Waals surface area contributed by atoms with Crippen LogP contribution in [-0.4, -0.2) is 45.5 Å². The third-order valence-corrected chi connectivity index (χ3v) is 3.96. The summed E-state index contributed by atoms with van der Waals surface area (Å²) in [4.78, 5) is 48.5. The van der Waals surface area contributed by atoms with Crippen LogP contribution in [0.5, 0.6) is 0 Å². The highest BCUT2D eigenvalue weighted by Gasteiger charge is 2.18. The minimum atomic E-state index is -0.449. The normalized spacial score (nSPS) is 14.6. The number of carbonyl (C=O) groups excluding carboxylic acids is 2. The quantitative estimate of drug-likeness (QED) is 0.546. The van der Waals surface area contributed by atoms with E-state index in [0.717, 1.165) is 17.5 Å². The molecule has 24 heavy (non-hydrogen) atoms. The third-order valence-electron chi connectivity index (χ3n) is 3.96. The van der Waals surface area contributed by atoms with Gasteiger partial charge in [0.1, 0.15) is 0 Å². The summed E-state index contributed by atoms with van der Waals surface area (Å²) in [7, 11) is 2.93. The van der Waals surface area contributed by atoms with Crippen LogP contribution < -0.4 is 16.6 Å². The van der Waals surface area contributed by atoms with Crippen molar-refractivity contribution in [1.29, 1.82) is 0 Å². The van der Waals surface area contributed by atoms with Crippen LogP contribution in [0, 0.1) is 0 Å². The van der Waals surface area contributed by atoms with E-state index in [4.69, 9.17) is 0 Å². The van der Waals surface area contributed by atoms with Gasteiger partial charge >= 0.3 is 5.69 Å². The maximum absolute atomic E-state index is 11.9. The Labute approximate surface area is 139 Å². The van der Waals surface area contributed by atoms with Crippen molar-refractivity contribution in [3.05, 3.63) is 38.7 Å². The summed E-state index contributed by atoms with van der Waals surface area (Å²) in [6.07, 6.45) is 6.26. The molecule has 1 N–H and O–H groups in total. The fraction of sp³-hybridized carbons (Fsp3) is 0.500. The molecule has 2 heterocycles. The molecule has 0 atom stereocenters. The zero-order chi connectivity index (χ0) is 17.7. The summed E-state index contributed by atoms with van der Waals surface area (Å²) in [6, 6.07) is 0. The molecule has 0 aliphatic carbocycles. The predicted octanol–water partition coefficient (Wildman–Crippen LogP) is -0.774. The summed E-state index contributed by atoms with van der Waals surface area (Å²) >= 11 is 0. The molecule has 1 aromatic rings. The zero-order valence-electron chi connectivity index (χ0n) is 13.9. The zero-order valence-corrected chi connectivity index (χ0v) is 13.9. The molecular formula is C16H22N4O4. The van der Waals surface area contributed by atoms with Crippen molar-refractivity contribution in [2.75, 3.05) is 19.6 Å². The highest BCUT2D eigenvalue weighted by molar-refractivity contribution is 5.91. The fourth-order valence-corrected chi connectivity index (χ4v) is 2.60. The molecule has 0 saturated carbocycles. The molecule has 1 aliphatic rings. The number of nitrogens with zero attached hydrogens (tertiary/aromatic N) is 3. The lowest BCUT2D eigenvalue weighted by Crippen LogP contribution is -2.37. The summed E-state index contributed by atoms with van der Waals surface area (Å²) in [6.45, 7) is 1.89. The molecule has 1 aromatic heterocycles. The molecule has 2 rings (SSSR count).